The van der Waals surface area contributed by atoms with Gasteiger partial charge in [0.2, 0.25) is 10.0 Å². The van der Waals surface area contributed by atoms with Gasteiger partial charge in [0, 0.05) is 25.3 Å². The summed E-state index contributed by atoms with van der Waals surface area (Å²) in [7, 11) is -2.13. The van der Waals surface area contributed by atoms with E-state index in [-0.39, 0.29) is 24.2 Å². The fourth-order valence-corrected chi connectivity index (χ4v) is 5.42. The second kappa shape index (κ2) is 6.03. The Morgan fingerprint density at radius 3 is 2.84 bits per heavy atom. The number of ether oxygens (including phenoxy) is 3. The number of fused-ring (bicyclic) bond motifs is 2. The number of carbonyl (C=O) groups is 1. The zero-order valence-corrected chi connectivity index (χ0v) is 14.7. The summed E-state index contributed by atoms with van der Waals surface area (Å²) in [4.78, 5) is 12.4. The number of methoxy groups -OCH3 is 1. The van der Waals surface area contributed by atoms with E-state index in [0.717, 1.165) is 12.8 Å². The number of amides is 1. The number of nitrogens with one attached hydrogen (secondary N) is 1. The van der Waals surface area contributed by atoms with E-state index >= 15 is 0 Å². The minimum Gasteiger partial charge on any atom is -0.383 e. The van der Waals surface area contributed by atoms with Crippen molar-refractivity contribution in [3.05, 3.63) is 23.8 Å². The number of sulfonamides is 1. The Kier molecular flexibility index (Phi) is 4.08. The van der Waals surface area contributed by atoms with Crippen LogP contribution in [0.1, 0.15) is 18.4 Å². The predicted molar refractivity (Wildman–Crippen MR) is 87.4 cm³/mol. The molecule has 1 atom stereocenters. The van der Waals surface area contributed by atoms with Crippen molar-refractivity contribution < 1.29 is 27.4 Å². The fourth-order valence-electron chi connectivity index (χ4n) is 3.71. The van der Waals surface area contributed by atoms with Crippen molar-refractivity contribution >= 4 is 21.6 Å². The second-order valence-electron chi connectivity index (χ2n) is 6.34. The van der Waals surface area contributed by atoms with Crippen molar-refractivity contribution in [3.8, 4) is 0 Å². The van der Waals surface area contributed by atoms with Gasteiger partial charge in [0.05, 0.1) is 30.4 Å². The largest absolute Gasteiger partial charge is 0.383 e. The molecule has 136 valence electrons. The first-order valence-corrected chi connectivity index (χ1v) is 9.68. The summed E-state index contributed by atoms with van der Waals surface area (Å²) in [5, 5.41) is 2.69. The lowest BCUT2D eigenvalue weighted by atomic mass is 10.1. The Labute approximate surface area is 146 Å². The SMILES string of the molecule is COC[C@@H]1CCCN1S(=O)(=O)c1ccc2c(c1)C1(OCCO1)C(=O)N2. The highest BCUT2D eigenvalue weighted by molar-refractivity contribution is 7.89. The van der Waals surface area contributed by atoms with Gasteiger partial charge in [0.15, 0.2) is 0 Å². The third-order valence-corrected chi connectivity index (χ3v) is 6.82. The zero-order valence-electron chi connectivity index (χ0n) is 13.9. The van der Waals surface area contributed by atoms with Gasteiger partial charge in [0.1, 0.15) is 0 Å². The fraction of sp³-hybridized carbons (Fsp3) is 0.562. The van der Waals surface area contributed by atoms with E-state index in [2.05, 4.69) is 5.32 Å². The first kappa shape index (κ1) is 16.9. The number of benzene rings is 1. The van der Waals surface area contributed by atoms with E-state index in [9.17, 15) is 13.2 Å². The van der Waals surface area contributed by atoms with Crippen molar-refractivity contribution in [2.45, 2.75) is 29.6 Å². The molecule has 0 saturated carbocycles. The van der Waals surface area contributed by atoms with Crippen LogP contribution in [-0.2, 0) is 34.8 Å². The van der Waals surface area contributed by atoms with Crippen molar-refractivity contribution in [1.82, 2.24) is 4.31 Å². The maximum atomic E-state index is 13.1. The molecule has 9 heteroatoms. The maximum Gasteiger partial charge on any atom is 0.289 e. The molecular weight excluding hydrogens is 348 g/mol. The average molecular weight is 368 g/mol. The molecule has 0 aliphatic carbocycles. The molecule has 0 bridgehead atoms. The number of carbonyl (C=O) groups excluding carboxylic acids is 1. The predicted octanol–water partition coefficient (Wildman–Crippen LogP) is 0.638. The van der Waals surface area contributed by atoms with Crippen molar-refractivity contribution in [2.75, 3.05) is 38.8 Å². The summed E-state index contributed by atoms with van der Waals surface area (Å²) in [5.74, 6) is -1.95. The monoisotopic (exact) mass is 368 g/mol. The molecule has 0 aromatic heterocycles. The van der Waals surface area contributed by atoms with Crippen molar-refractivity contribution in [2.24, 2.45) is 0 Å². The number of anilines is 1. The van der Waals surface area contributed by atoms with Gasteiger partial charge in [0.25, 0.3) is 11.7 Å². The Balaban J connectivity index is 1.73. The van der Waals surface area contributed by atoms with Crippen LogP contribution in [0.3, 0.4) is 0 Å². The molecule has 0 radical (unpaired) electrons. The van der Waals surface area contributed by atoms with Gasteiger partial charge in [-0.05, 0) is 31.0 Å². The highest BCUT2D eigenvalue weighted by atomic mass is 32.2. The van der Waals surface area contributed by atoms with Gasteiger partial charge in [-0.25, -0.2) is 8.42 Å². The average Bonchev–Trinajstić information content (AvgIpc) is 3.30. The first-order chi connectivity index (χ1) is 12.0. The molecule has 1 N–H and O–H groups in total. The van der Waals surface area contributed by atoms with E-state index in [0.29, 0.717) is 24.4 Å². The van der Waals surface area contributed by atoms with E-state index < -0.39 is 21.7 Å². The molecule has 8 nitrogen and oxygen atoms in total. The summed E-state index contributed by atoms with van der Waals surface area (Å²) >= 11 is 0. The van der Waals surface area contributed by atoms with Gasteiger partial charge in [-0.3, -0.25) is 4.79 Å². The lowest BCUT2D eigenvalue weighted by Crippen LogP contribution is -2.38. The summed E-state index contributed by atoms with van der Waals surface area (Å²) in [6.07, 6.45) is 1.57. The Morgan fingerprint density at radius 2 is 2.12 bits per heavy atom. The Morgan fingerprint density at radius 1 is 1.36 bits per heavy atom. The number of rotatable bonds is 4. The van der Waals surface area contributed by atoms with Crippen LogP contribution in [0.2, 0.25) is 0 Å². The Hall–Kier alpha value is -1.52. The number of nitrogens with zero attached hydrogens (tertiary/aromatic N) is 1. The standard InChI is InChI=1S/C16H20N2O6S/c1-22-10-11-3-2-6-18(11)25(20,21)12-4-5-14-13(9-12)16(15(19)17-14)23-7-8-24-16/h4-5,9,11H,2-3,6-8,10H2,1H3,(H,17,19)/t11-/m0/s1. The van der Waals surface area contributed by atoms with Crippen LogP contribution in [0.25, 0.3) is 0 Å². The van der Waals surface area contributed by atoms with Crippen LogP contribution < -0.4 is 5.32 Å². The molecule has 2 fully saturated rings. The van der Waals surface area contributed by atoms with Crippen molar-refractivity contribution in [3.63, 3.8) is 0 Å². The van der Waals surface area contributed by atoms with Gasteiger partial charge in [-0.2, -0.15) is 4.31 Å². The number of hydrogen-bond acceptors (Lipinski definition) is 6. The maximum absolute atomic E-state index is 13.1. The van der Waals surface area contributed by atoms with Crippen LogP contribution in [0, 0.1) is 0 Å². The molecule has 1 aromatic carbocycles. The molecule has 4 rings (SSSR count). The van der Waals surface area contributed by atoms with Crippen LogP contribution in [0.5, 0.6) is 0 Å². The quantitative estimate of drug-likeness (QED) is 0.838. The molecule has 25 heavy (non-hydrogen) atoms. The van der Waals surface area contributed by atoms with Gasteiger partial charge < -0.3 is 19.5 Å². The molecule has 2 saturated heterocycles. The topological polar surface area (TPSA) is 94.2 Å². The summed E-state index contributed by atoms with van der Waals surface area (Å²) in [6.45, 7) is 1.39. The first-order valence-electron chi connectivity index (χ1n) is 8.24. The third kappa shape index (κ3) is 2.49. The lowest BCUT2D eigenvalue weighted by molar-refractivity contribution is -0.178. The molecule has 3 aliphatic rings. The van der Waals surface area contributed by atoms with E-state index in [1.54, 1.807) is 13.2 Å². The molecule has 0 unspecified atom stereocenters. The Bertz CT molecular complexity index is 803. The molecule has 1 spiro atoms. The van der Waals surface area contributed by atoms with Gasteiger partial charge in [-0.15, -0.1) is 0 Å². The van der Waals surface area contributed by atoms with Crippen LogP contribution >= 0.6 is 0 Å². The molecule has 1 amide bonds. The smallest absolute Gasteiger partial charge is 0.289 e. The minimum atomic E-state index is -3.69. The van der Waals surface area contributed by atoms with Crippen LogP contribution in [0.15, 0.2) is 23.1 Å². The van der Waals surface area contributed by atoms with Crippen LogP contribution in [0.4, 0.5) is 5.69 Å². The van der Waals surface area contributed by atoms with E-state index in [1.807, 2.05) is 0 Å². The minimum absolute atomic E-state index is 0.129. The van der Waals surface area contributed by atoms with Gasteiger partial charge >= 0.3 is 0 Å². The lowest BCUT2D eigenvalue weighted by Gasteiger charge is -2.24. The van der Waals surface area contributed by atoms with Crippen LogP contribution in [-0.4, -0.2) is 58.1 Å². The molecule has 1 aromatic rings. The highest BCUT2D eigenvalue weighted by Crippen LogP contribution is 2.43. The normalized spacial score (nSPS) is 25.5. The zero-order chi connectivity index (χ0) is 17.7. The second-order valence-corrected chi connectivity index (χ2v) is 8.23. The van der Waals surface area contributed by atoms with Crippen molar-refractivity contribution in [1.29, 1.82) is 0 Å². The third-order valence-electron chi connectivity index (χ3n) is 4.88. The van der Waals surface area contributed by atoms with E-state index in [1.165, 1.54) is 16.4 Å². The summed E-state index contributed by atoms with van der Waals surface area (Å²) in [5.41, 5.74) is 0.930. The number of hydrogen-bond donors (Lipinski definition) is 1. The van der Waals surface area contributed by atoms with E-state index in [4.69, 9.17) is 14.2 Å². The molecular formula is C16H20N2O6S. The summed E-state index contributed by atoms with van der Waals surface area (Å²) < 4.78 is 43.9. The molecule has 3 aliphatic heterocycles. The summed E-state index contributed by atoms with van der Waals surface area (Å²) in [6, 6.07) is 4.40. The molecule has 3 heterocycles. The highest BCUT2D eigenvalue weighted by Gasteiger charge is 2.53. The van der Waals surface area contributed by atoms with Gasteiger partial charge in [-0.1, -0.05) is 0 Å².